The van der Waals surface area contributed by atoms with E-state index in [0.717, 1.165) is 26.8 Å². The first kappa shape index (κ1) is 13.4. The van der Waals surface area contributed by atoms with E-state index < -0.39 is 0 Å². The number of anilines is 3. The minimum absolute atomic E-state index is 0.574. The van der Waals surface area contributed by atoms with Crippen LogP contribution < -0.4 is 11.1 Å². The highest BCUT2D eigenvalue weighted by Gasteiger charge is 2.09. The highest BCUT2D eigenvalue weighted by molar-refractivity contribution is 9.10. The lowest BCUT2D eigenvalue weighted by Crippen LogP contribution is -1.99. The summed E-state index contributed by atoms with van der Waals surface area (Å²) in [6.07, 6.45) is 1.64. The van der Waals surface area contributed by atoms with Gasteiger partial charge in [0.1, 0.15) is 0 Å². The first-order valence-electron chi connectivity index (χ1n) is 6.29. The minimum Gasteiger partial charge on any atom is -0.396 e. The van der Waals surface area contributed by atoms with Crippen molar-refractivity contribution in [2.45, 2.75) is 0 Å². The Morgan fingerprint density at radius 1 is 1.19 bits per heavy atom. The Morgan fingerprint density at radius 3 is 2.76 bits per heavy atom. The largest absolute Gasteiger partial charge is 0.396 e. The third-order valence-electron chi connectivity index (χ3n) is 3.16. The molecule has 21 heavy (non-hydrogen) atoms. The van der Waals surface area contributed by atoms with E-state index in [1.165, 1.54) is 0 Å². The molecular weight excluding hydrogens is 328 g/mol. The van der Waals surface area contributed by atoms with Crippen molar-refractivity contribution in [3.8, 4) is 6.07 Å². The molecular formula is C16H11BrN4. The number of fused-ring (bicyclic) bond motifs is 1. The Morgan fingerprint density at radius 2 is 2.00 bits per heavy atom. The van der Waals surface area contributed by atoms with Crippen molar-refractivity contribution in [1.29, 1.82) is 5.26 Å². The zero-order chi connectivity index (χ0) is 14.8. The molecule has 0 atom stereocenters. The van der Waals surface area contributed by atoms with Gasteiger partial charge in [0.25, 0.3) is 0 Å². The Hall–Kier alpha value is -2.58. The van der Waals surface area contributed by atoms with E-state index >= 15 is 0 Å². The average molecular weight is 339 g/mol. The van der Waals surface area contributed by atoms with Crippen LogP contribution in [0.15, 0.2) is 53.1 Å². The molecule has 0 spiro atoms. The van der Waals surface area contributed by atoms with Crippen molar-refractivity contribution < 1.29 is 0 Å². The number of hydrogen-bond acceptors (Lipinski definition) is 4. The molecule has 102 valence electrons. The number of benzene rings is 2. The smallest absolute Gasteiger partial charge is 0.0992 e. The summed E-state index contributed by atoms with van der Waals surface area (Å²) in [7, 11) is 0. The highest BCUT2D eigenvalue weighted by atomic mass is 79.9. The van der Waals surface area contributed by atoms with Crippen LogP contribution in [-0.4, -0.2) is 4.98 Å². The summed E-state index contributed by atoms with van der Waals surface area (Å²) in [6, 6.07) is 15.3. The molecule has 0 saturated carbocycles. The Bertz CT molecular complexity index is 868. The first-order chi connectivity index (χ1) is 10.2. The van der Waals surface area contributed by atoms with Gasteiger partial charge < -0.3 is 11.1 Å². The van der Waals surface area contributed by atoms with Crippen LogP contribution >= 0.6 is 15.9 Å². The van der Waals surface area contributed by atoms with E-state index in [-0.39, 0.29) is 0 Å². The summed E-state index contributed by atoms with van der Waals surface area (Å²) >= 11 is 3.46. The van der Waals surface area contributed by atoms with Gasteiger partial charge >= 0.3 is 0 Å². The predicted molar refractivity (Wildman–Crippen MR) is 88.3 cm³/mol. The van der Waals surface area contributed by atoms with Crippen LogP contribution in [0, 0.1) is 11.3 Å². The predicted octanol–water partition coefficient (Wildman–Crippen LogP) is 4.19. The maximum Gasteiger partial charge on any atom is 0.0992 e. The molecule has 0 aliphatic carbocycles. The molecule has 1 aromatic heterocycles. The quantitative estimate of drug-likeness (QED) is 0.734. The van der Waals surface area contributed by atoms with E-state index in [4.69, 9.17) is 11.0 Å². The maximum atomic E-state index is 8.91. The number of nitrogens with two attached hydrogens (primary N) is 1. The fourth-order valence-corrected chi connectivity index (χ4v) is 2.59. The summed E-state index contributed by atoms with van der Waals surface area (Å²) in [5.41, 5.74) is 9.75. The molecule has 4 nitrogen and oxygen atoms in total. The minimum atomic E-state index is 0.574. The molecule has 0 radical (unpaired) electrons. The molecule has 0 aliphatic heterocycles. The van der Waals surface area contributed by atoms with Crippen LogP contribution in [0.2, 0.25) is 0 Å². The summed E-state index contributed by atoms with van der Waals surface area (Å²) < 4.78 is 0.807. The fraction of sp³-hybridized carbons (Fsp3) is 0. The maximum absolute atomic E-state index is 8.91. The van der Waals surface area contributed by atoms with Crippen molar-refractivity contribution in [3.05, 3.63) is 58.7 Å². The Balaban J connectivity index is 2.10. The molecule has 0 bridgehead atoms. The molecule has 2 aromatic carbocycles. The van der Waals surface area contributed by atoms with Crippen LogP contribution in [0.5, 0.6) is 0 Å². The summed E-state index contributed by atoms with van der Waals surface area (Å²) in [5, 5.41) is 13.2. The Kier molecular flexibility index (Phi) is 3.46. The number of para-hydroxylation sites is 1. The van der Waals surface area contributed by atoms with Gasteiger partial charge in [0, 0.05) is 9.86 Å². The summed E-state index contributed by atoms with van der Waals surface area (Å²) in [4.78, 5) is 4.31. The van der Waals surface area contributed by atoms with Gasteiger partial charge in [0.05, 0.1) is 40.4 Å². The molecule has 5 heteroatoms. The average Bonchev–Trinajstić information content (AvgIpc) is 2.51. The standard InChI is InChI=1S/C16H11BrN4/c17-12-7-10(8-18)5-6-15(12)21-16-11-3-1-2-4-14(11)20-9-13(16)19/h1-7,9H,19H2,(H,20,21). The summed E-state index contributed by atoms with van der Waals surface area (Å²) in [5.74, 6) is 0. The number of nitrogens with one attached hydrogen (secondary N) is 1. The monoisotopic (exact) mass is 338 g/mol. The van der Waals surface area contributed by atoms with Crippen molar-refractivity contribution in [2.24, 2.45) is 0 Å². The zero-order valence-corrected chi connectivity index (χ0v) is 12.6. The number of pyridine rings is 1. The van der Waals surface area contributed by atoms with Gasteiger partial charge in [0.2, 0.25) is 0 Å². The second-order valence-electron chi connectivity index (χ2n) is 4.54. The van der Waals surface area contributed by atoms with E-state index in [1.54, 1.807) is 18.3 Å². The van der Waals surface area contributed by atoms with Crippen LogP contribution in [-0.2, 0) is 0 Å². The Labute approximate surface area is 130 Å². The van der Waals surface area contributed by atoms with Crippen molar-refractivity contribution in [1.82, 2.24) is 4.98 Å². The number of halogens is 1. The van der Waals surface area contributed by atoms with Gasteiger partial charge in [0.15, 0.2) is 0 Å². The van der Waals surface area contributed by atoms with E-state index in [2.05, 4.69) is 32.3 Å². The van der Waals surface area contributed by atoms with Crippen LogP contribution in [0.4, 0.5) is 17.1 Å². The molecule has 3 aromatic rings. The van der Waals surface area contributed by atoms with Crippen molar-refractivity contribution in [2.75, 3.05) is 11.1 Å². The third kappa shape index (κ3) is 2.54. The van der Waals surface area contributed by atoms with Gasteiger partial charge in [-0.3, -0.25) is 4.98 Å². The molecule has 0 unspecified atom stereocenters. The fourth-order valence-electron chi connectivity index (χ4n) is 2.12. The van der Waals surface area contributed by atoms with Crippen LogP contribution in [0.1, 0.15) is 5.56 Å². The lowest BCUT2D eigenvalue weighted by atomic mass is 10.1. The SMILES string of the molecule is N#Cc1ccc(Nc2c(N)cnc3ccccc23)c(Br)c1. The molecule has 3 rings (SSSR count). The number of aromatic nitrogens is 1. The topological polar surface area (TPSA) is 74.7 Å². The van der Waals surface area contributed by atoms with Crippen molar-refractivity contribution in [3.63, 3.8) is 0 Å². The lowest BCUT2D eigenvalue weighted by molar-refractivity contribution is 1.40. The van der Waals surface area contributed by atoms with Gasteiger partial charge in [-0.15, -0.1) is 0 Å². The lowest BCUT2D eigenvalue weighted by Gasteiger charge is -2.13. The van der Waals surface area contributed by atoms with Gasteiger partial charge in [-0.1, -0.05) is 18.2 Å². The second kappa shape index (κ2) is 5.43. The van der Waals surface area contributed by atoms with E-state index in [0.29, 0.717) is 11.3 Å². The summed E-state index contributed by atoms with van der Waals surface area (Å²) in [6.45, 7) is 0. The number of rotatable bonds is 2. The molecule has 0 fully saturated rings. The van der Waals surface area contributed by atoms with E-state index in [1.807, 2.05) is 30.3 Å². The van der Waals surface area contributed by atoms with Crippen molar-refractivity contribution >= 4 is 43.9 Å². The van der Waals surface area contributed by atoms with Gasteiger partial charge in [-0.25, -0.2) is 0 Å². The molecule has 0 amide bonds. The van der Waals surface area contributed by atoms with Crippen LogP contribution in [0.3, 0.4) is 0 Å². The molecule has 1 heterocycles. The first-order valence-corrected chi connectivity index (χ1v) is 7.08. The number of nitriles is 1. The number of nitrogen functional groups attached to an aromatic ring is 1. The molecule has 0 aliphatic rings. The van der Waals surface area contributed by atoms with Gasteiger partial charge in [-0.05, 0) is 40.2 Å². The molecule has 0 saturated heterocycles. The molecule has 3 N–H and O–H groups in total. The second-order valence-corrected chi connectivity index (χ2v) is 5.39. The zero-order valence-electron chi connectivity index (χ0n) is 11.0. The number of nitrogens with zero attached hydrogens (tertiary/aromatic N) is 2. The van der Waals surface area contributed by atoms with Crippen LogP contribution in [0.25, 0.3) is 10.9 Å². The van der Waals surface area contributed by atoms with Gasteiger partial charge in [-0.2, -0.15) is 5.26 Å². The normalized spacial score (nSPS) is 10.3. The number of hydrogen-bond donors (Lipinski definition) is 2. The third-order valence-corrected chi connectivity index (χ3v) is 3.82. The highest BCUT2D eigenvalue weighted by Crippen LogP contribution is 2.33. The van der Waals surface area contributed by atoms with E-state index in [9.17, 15) is 0 Å².